The summed E-state index contributed by atoms with van der Waals surface area (Å²) in [6.45, 7) is 11.5. The summed E-state index contributed by atoms with van der Waals surface area (Å²) in [5.74, 6) is 2.45. The van der Waals surface area contributed by atoms with Gasteiger partial charge in [0.15, 0.2) is 0 Å². The molecule has 0 bridgehead atoms. The monoisotopic (exact) mass is 546 g/mol. The van der Waals surface area contributed by atoms with Crippen molar-refractivity contribution >= 4 is 33.5 Å². The van der Waals surface area contributed by atoms with E-state index in [0.29, 0.717) is 12.8 Å². The minimum absolute atomic E-state index is 0.0573. The number of unbranched alkanes of at least 4 members (excludes halogenated alkanes) is 14. The van der Waals surface area contributed by atoms with E-state index in [4.69, 9.17) is 9.47 Å². The van der Waals surface area contributed by atoms with Gasteiger partial charge >= 0.3 is 11.9 Å². The van der Waals surface area contributed by atoms with Crippen molar-refractivity contribution in [2.24, 2.45) is 0 Å². The molecule has 0 radical (unpaired) electrons. The molecular formula is C30H58O4S2. The van der Waals surface area contributed by atoms with Crippen LogP contribution in [0, 0.1) is 0 Å². The lowest BCUT2D eigenvalue weighted by Crippen LogP contribution is -2.23. The van der Waals surface area contributed by atoms with Gasteiger partial charge in [-0.2, -0.15) is 0 Å². The summed E-state index contributed by atoms with van der Waals surface area (Å²) in [5, 5.41) is 0. The van der Waals surface area contributed by atoms with E-state index in [1.165, 1.54) is 88.6 Å². The summed E-state index contributed by atoms with van der Waals surface area (Å²) in [7, 11) is 4.11. The SMILES string of the molecule is CC(C)(C)OC(=O)CCCCCCCCCCSSCCCCCCCCCCC(=O)OC(C)(C)C. The lowest BCUT2D eigenvalue weighted by molar-refractivity contribution is -0.156. The first-order chi connectivity index (χ1) is 17.0. The van der Waals surface area contributed by atoms with Gasteiger partial charge < -0.3 is 9.47 Å². The molecule has 0 aromatic heterocycles. The van der Waals surface area contributed by atoms with Gasteiger partial charge in [-0.05, 0) is 67.2 Å². The predicted octanol–water partition coefficient (Wildman–Crippen LogP) is 10.1. The smallest absolute Gasteiger partial charge is 0.306 e. The molecule has 0 aliphatic carbocycles. The highest BCUT2D eigenvalue weighted by atomic mass is 33.1. The predicted molar refractivity (Wildman–Crippen MR) is 160 cm³/mol. The maximum Gasteiger partial charge on any atom is 0.306 e. The van der Waals surface area contributed by atoms with Crippen LogP contribution in [0.15, 0.2) is 0 Å². The Morgan fingerprint density at radius 2 is 0.694 bits per heavy atom. The maximum absolute atomic E-state index is 11.7. The van der Waals surface area contributed by atoms with Crippen molar-refractivity contribution < 1.29 is 19.1 Å². The quantitative estimate of drug-likeness (QED) is 0.0722. The molecule has 4 nitrogen and oxygen atoms in total. The average molecular weight is 547 g/mol. The summed E-state index contributed by atoms with van der Waals surface area (Å²) in [6, 6.07) is 0. The first-order valence-corrected chi connectivity index (χ1v) is 17.2. The molecule has 0 unspecified atom stereocenters. The van der Waals surface area contributed by atoms with Crippen molar-refractivity contribution in [2.75, 3.05) is 11.5 Å². The Morgan fingerprint density at radius 3 is 0.972 bits per heavy atom. The van der Waals surface area contributed by atoms with E-state index in [-0.39, 0.29) is 23.1 Å². The summed E-state index contributed by atoms with van der Waals surface area (Å²) < 4.78 is 10.7. The number of carbonyl (C=O) groups is 2. The molecule has 0 rings (SSSR count). The standard InChI is InChI=1S/C30H58O4S2/c1-29(2,3)33-27(31)23-19-15-11-7-9-13-17-21-25-35-36-26-22-18-14-10-8-12-16-20-24-28(32)34-30(4,5)6/h7-26H2,1-6H3. The maximum atomic E-state index is 11.7. The van der Waals surface area contributed by atoms with E-state index in [1.807, 2.05) is 41.5 Å². The van der Waals surface area contributed by atoms with E-state index in [1.54, 1.807) is 0 Å². The Bertz CT molecular complexity index is 490. The normalized spacial score (nSPS) is 12.1. The number of ether oxygens (including phenoxy) is 2. The zero-order chi connectivity index (χ0) is 27.1. The Labute approximate surface area is 232 Å². The van der Waals surface area contributed by atoms with Crippen molar-refractivity contribution in [2.45, 2.75) is 168 Å². The van der Waals surface area contributed by atoms with Crippen molar-refractivity contribution in [3.8, 4) is 0 Å². The van der Waals surface area contributed by atoms with Crippen molar-refractivity contribution in [3.63, 3.8) is 0 Å². The van der Waals surface area contributed by atoms with Crippen LogP contribution < -0.4 is 0 Å². The van der Waals surface area contributed by atoms with Gasteiger partial charge in [0.25, 0.3) is 0 Å². The van der Waals surface area contributed by atoms with Crippen LogP contribution in [0.5, 0.6) is 0 Å². The molecule has 0 N–H and O–H groups in total. The van der Waals surface area contributed by atoms with Crippen LogP contribution >= 0.6 is 21.6 Å². The molecule has 0 atom stereocenters. The molecule has 0 saturated carbocycles. The van der Waals surface area contributed by atoms with E-state index in [2.05, 4.69) is 21.6 Å². The third kappa shape index (κ3) is 29.9. The van der Waals surface area contributed by atoms with Crippen LogP contribution in [0.3, 0.4) is 0 Å². The van der Waals surface area contributed by atoms with Crippen LogP contribution in [-0.4, -0.2) is 34.6 Å². The third-order valence-electron chi connectivity index (χ3n) is 5.64. The largest absolute Gasteiger partial charge is 0.460 e. The first-order valence-electron chi connectivity index (χ1n) is 14.7. The number of carbonyl (C=O) groups excluding carboxylic acids is 2. The van der Waals surface area contributed by atoms with Crippen molar-refractivity contribution in [1.82, 2.24) is 0 Å². The fourth-order valence-electron chi connectivity index (χ4n) is 3.88. The molecule has 0 heterocycles. The number of hydrogen-bond donors (Lipinski definition) is 0. The summed E-state index contributed by atoms with van der Waals surface area (Å²) >= 11 is 0. The minimum atomic E-state index is -0.359. The van der Waals surface area contributed by atoms with Crippen molar-refractivity contribution in [3.05, 3.63) is 0 Å². The summed E-state index contributed by atoms with van der Waals surface area (Å²) in [4.78, 5) is 23.3. The summed E-state index contributed by atoms with van der Waals surface area (Å²) in [5.41, 5.74) is -0.719. The Hall–Kier alpha value is -0.360. The number of hydrogen-bond acceptors (Lipinski definition) is 6. The highest BCUT2D eigenvalue weighted by Gasteiger charge is 2.16. The van der Waals surface area contributed by atoms with Gasteiger partial charge in [0.1, 0.15) is 11.2 Å². The molecule has 214 valence electrons. The fraction of sp³-hybridized carbons (Fsp3) is 0.933. The van der Waals surface area contributed by atoms with Gasteiger partial charge in [-0.25, -0.2) is 0 Å². The first kappa shape index (κ1) is 35.6. The van der Waals surface area contributed by atoms with Crippen LogP contribution in [0.4, 0.5) is 0 Å². The number of esters is 2. The van der Waals surface area contributed by atoms with Gasteiger partial charge in [0.05, 0.1) is 0 Å². The van der Waals surface area contributed by atoms with E-state index in [0.717, 1.165) is 25.7 Å². The van der Waals surface area contributed by atoms with Crippen LogP contribution in [0.25, 0.3) is 0 Å². The molecule has 36 heavy (non-hydrogen) atoms. The summed E-state index contributed by atoms with van der Waals surface area (Å²) in [6.07, 6.45) is 21.1. The Kier molecular flexibility index (Phi) is 22.4. The van der Waals surface area contributed by atoms with E-state index >= 15 is 0 Å². The second kappa shape index (κ2) is 22.6. The average Bonchev–Trinajstić information content (AvgIpc) is 2.74. The Morgan fingerprint density at radius 1 is 0.444 bits per heavy atom. The highest BCUT2D eigenvalue weighted by Crippen LogP contribution is 2.25. The second-order valence-electron chi connectivity index (χ2n) is 12.0. The van der Waals surface area contributed by atoms with Gasteiger partial charge in [-0.1, -0.05) is 98.6 Å². The van der Waals surface area contributed by atoms with Gasteiger partial charge in [-0.15, -0.1) is 0 Å². The van der Waals surface area contributed by atoms with Crippen LogP contribution in [-0.2, 0) is 19.1 Å². The number of rotatable bonds is 23. The third-order valence-corrected chi connectivity index (χ3v) is 8.22. The molecule has 0 spiro atoms. The van der Waals surface area contributed by atoms with Crippen LogP contribution in [0.2, 0.25) is 0 Å². The highest BCUT2D eigenvalue weighted by molar-refractivity contribution is 8.76. The van der Waals surface area contributed by atoms with Gasteiger partial charge in [0, 0.05) is 24.3 Å². The zero-order valence-electron chi connectivity index (χ0n) is 24.6. The fourth-order valence-corrected chi connectivity index (χ4v) is 6.18. The van der Waals surface area contributed by atoms with Crippen molar-refractivity contribution in [1.29, 1.82) is 0 Å². The molecule has 0 aromatic carbocycles. The second-order valence-corrected chi connectivity index (χ2v) is 14.7. The minimum Gasteiger partial charge on any atom is -0.460 e. The van der Waals surface area contributed by atoms with E-state index in [9.17, 15) is 9.59 Å². The molecule has 0 fully saturated rings. The topological polar surface area (TPSA) is 52.6 Å². The molecule has 0 amide bonds. The van der Waals surface area contributed by atoms with Gasteiger partial charge in [0.2, 0.25) is 0 Å². The molecule has 0 aromatic rings. The lowest BCUT2D eigenvalue weighted by Gasteiger charge is -2.19. The van der Waals surface area contributed by atoms with E-state index < -0.39 is 0 Å². The van der Waals surface area contributed by atoms with Crippen LogP contribution in [0.1, 0.15) is 157 Å². The van der Waals surface area contributed by atoms with Gasteiger partial charge in [-0.3, -0.25) is 9.59 Å². The zero-order valence-corrected chi connectivity index (χ0v) is 26.2. The molecule has 0 saturated heterocycles. The molecular weight excluding hydrogens is 488 g/mol. The Balaban J connectivity index is 3.19. The molecule has 0 aliphatic rings. The molecule has 6 heteroatoms. The molecule has 0 aliphatic heterocycles. The lowest BCUT2D eigenvalue weighted by atomic mass is 10.1.